The largest absolute Gasteiger partial charge is 0.392 e. The Hall–Kier alpha value is -2.12. The van der Waals surface area contributed by atoms with Crippen molar-refractivity contribution >= 4 is 28.7 Å². The van der Waals surface area contributed by atoms with E-state index in [0.717, 1.165) is 11.3 Å². The summed E-state index contributed by atoms with van der Waals surface area (Å²) in [4.78, 5) is 16.2. The van der Waals surface area contributed by atoms with Crippen molar-refractivity contribution in [2.45, 2.75) is 23.9 Å². The fourth-order valence-corrected chi connectivity index (χ4v) is 2.77. The minimum Gasteiger partial charge on any atom is -0.392 e. The van der Waals surface area contributed by atoms with E-state index in [1.165, 1.54) is 5.56 Å². The van der Waals surface area contributed by atoms with E-state index in [4.69, 9.17) is 0 Å². The van der Waals surface area contributed by atoms with Gasteiger partial charge in [-0.1, -0.05) is 42.1 Å². The second-order valence-corrected chi connectivity index (χ2v) is 5.90. The number of imidazole rings is 1. The van der Waals surface area contributed by atoms with Gasteiger partial charge in [-0.15, -0.1) is 0 Å². The predicted molar refractivity (Wildman–Crippen MR) is 87.9 cm³/mol. The summed E-state index contributed by atoms with van der Waals surface area (Å²) >= 11 is 1.56. The van der Waals surface area contributed by atoms with Crippen LogP contribution >= 0.6 is 11.8 Å². The molecule has 1 atom stereocenters. The second kappa shape index (κ2) is 6.76. The molecule has 0 amide bonds. The number of anilines is 1. The van der Waals surface area contributed by atoms with Crippen LogP contribution in [0.5, 0.6) is 0 Å². The molecule has 6 nitrogen and oxygen atoms in total. The van der Waals surface area contributed by atoms with Gasteiger partial charge in [-0.2, -0.15) is 0 Å². The summed E-state index contributed by atoms with van der Waals surface area (Å²) in [7, 11) is 0. The summed E-state index contributed by atoms with van der Waals surface area (Å²) in [6, 6.07) is 10.2. The van der Waals surface area contributed by atoms with E-state index in [1.807, 2.05) is 18.2 Å². The Morgan fingerprint density at radius 1 is 1.27 bits per heavy atom. The van der Waals surface area contributed by atoms with Gasteiger partial charge in [0.05, 0.1) is 12.4 Å². The van der Waals surface area contributed by atoms with Gasteiger partial charge in [-0.3, -0.25) is 0 Å². The summed E-state index contributed by atoms with van der Waals surface area (Å²) in [6.45, 7) is 2.15. The van der Waals surface area contributed by atoms with Crippen LogP contribution in [0.3, 0.4) is 0 Å². The smallest absolute Gasteiger partial charge is 0.192 e. The highest BCUT2D eigenvalue weighted by atomic mass is 32.2. The zero-order chi connectivity index (χ0) is 15.4. The molecule has 22 heavy (non-hydrogen) atoms. The molecule has 3 rings (SSSR count). The normalized spacial score (nSPS) is 12.5. The number of nitrogens with zero attached hydrogens (tertiary/aromatic N) is 3. The molecule has 2 heterocycles. The van der Waals surface area contributed by atoms with Crippen LogP contribution in [0.2, 0.25) is 0 Å². The van der Waals surface area contributed by atoms with Crippen LogP contribution in [0.25, 0.3) is 11.2 Å². The van der Waals surface area contributed by atoms with Crippen molar-refractivity contribution in [1.29, 1.82) is 0 Å². The van der Waals surface area contributed by atoms with E-state index < -0.39 is 6.10 Å². The number of thioether (sulfide) groups is 1. The summed E-state index contributed by atoms with van der Waals surface area (Å²) in [5.74, 6) is 1.46. The van der Waals surface area contributed by atoms with Crippen LogP contribution in [0.1, 0.15) is 12.5 Å². The average Bonchev–Trinajstić information content (AvgIpc) is 3.00. The van der Waals surface area contributed by atoms with E-state index in [1.54, 1.807) is 25.0 Å². The van der Waals surface area contributed by atoms with E-state index in [9.17, 15) is 5.11 Å². The Labute approximate surface area is 132 Å². The minimum atomic E-state index is -0.451. The summed E-state index contributed by atoms with van der Waals surface area (Å²) < 4.78 is 0. The van der Waals surface area contributed by atoms with Crippen LogP contribution in [-0.2, 0) is 5.75 Å². The van der Waals surface area contributed by atoms with E-state index in [0.29, 0.717) is 23.2 Å². The molecule has 3 aromatic rings. The maximum Gasteiger partial charge on any atom is 0.192 e. The summed E-state index contributed by atoms with van der Waals surface area (Å²) in [5.41, 5.74) is 2.60. The maximum absolute atomic E-state index is 9.42. The van der Waals surface area contributed by atoms with Crippen LogP contribution in [0.15, 0.2) is 41.8 Å². The van der Waals surface area contributed by atoms with E-state index in [-0.39, 0.29) is 0 Å². The molecule has 3 N–H and O–H groups in total. The van der Waals surface area contributed by atoms with Crippen molar-refractivity contribution in [3.63, 3.8) is 0 Å². The van der Waals surface area contributed by atoms with Gasteiger partial charge in [-0.05, 0) is 12.5 Å². The molecule has 0 saturated heterocycles. The zero-order valence-electron chi connectivity index (χ0n) is 12.2. The van der Waals surface area contributed by atoms with Crippen molar-refractivity contribution < 1.29 is 5.11 Å². The Bertz CT molecular complexity index is 744. The SMILES string of the molecule is CC(O)CNc1nc(SCc2ccccc2)nc2nc[nH]c12. The number of aliphatic hydroxyl groups is 1. The Kier molecular flexibility index (Phi) is 4.55. The molecule has 0 aliphatic rings. The first kappa shape index (κ1) is 14.8. The van der Waals surface area contributed by atoms with Gasteiger partial charge in [0.2, 0.25) is 0 Å². The van der Waals surface area contributed by atoms with E-state index >= 15 is 0 Å². The summed E-state index contributed by atoms with van der Waals surface area (Å²) in [5, 5.41) is 13.2. The lowest BCUT2D eigenvalue weighted by molar-refractivity contribution is 0.208. The van der Waals surface area contributed by atoms with Gasteiger partial charge in [0.1, 0.15) is 5.52 Å². The first-order valence-corrected chi connectivity index (χ1v) is 8.00. The van der Waals surface area contributed by atoms with Crippen LogP contribution in [-0.4, -0.2) is 37.7 Å². The van der Waals surface area contributed by atoms with Crippen LogP contribution in [0.4, 0.5) is 5.82 Å². The molecular formula is C15H17N5OS. The number of rotatable bonds is 6. The molecule has 1 aromatic carbocycles. The third-order valence-corrected chi connectivity index (χ3v) is 3.96. The monoisotopic (exact) mass is 315 g/mol. The van der Waals surface area contributed by atoms with Crippen molar-refractivity contribution in [2.75, 3.05) is 11.9 Å². The third-order valence-electron chi connectivity index (χ3n) is 3.04. The highest BCUT2D eigenvalue weighted by Crippen LogP contribution is 2.24. The molecule has 0 radical (unpaired) electrons. The molecule has 2 aromatic heterocycles. The lowest BCUT2D eigenvalue weighted by atomic mass is 10.2. The fraction of sp³-hybridized carbons (Fsp3) is 0.267. The maximum atomic E-state index is 9.42. The van der Waals surface area contributed by atoms with Crippen molar-refractivity contribution in [1.82, 2.24) is 19.9 Å². The number of fused-ring (bicyclic) bond motifs is 1. The molecule has 0 saturated carbocycles. The first-order chi connectivity index (χ1) is 10.7. The lowest BCUT2D eigenvalue weighted by Gasteiger charge is -2.09. The van der Waals surface area contributed by atoms with Gasteiger partial charge in [0.25, 0.3) is 0 Å². The minimum absolute atomic E-state index is 0.425. The quantitative estimate of drug-likeness (QED) is 0.478. The number of benzene rings is 1. The zero-order valence-corrected chi connectivity index (χ0v) is 13.0. The summed E-state index contributed by atoms with van der Waals surface area (Å²) in [6.07, 6.45) is 1.15. The third kappa shape index (κ3) is 3.55. The molecule has 0 bridgehead atoms. The lowest BCUT2D eigenvalue weighted by Crippen LogP contribution is -2.16. The van der Waals surface area contributed by atoms with Gasteiger partial charge < -0.3 is 15.4 Å². The van der Waals surface area contributed by atoms with Crippen LogP contribution < -0.4 is 5.32 Å². The van der Waals surface area contributed by atoms with Gasteiger partial charge >= 0.3 is 0 Å². The number of aromatic nitrogens is 4. The predicted octanol–water partition coefficient (Wildman–Crippen LogP) is 2.44. The highest BCUT2D eigenvalue weighted by molar-refractivity contribution is 7.98. The first-order valence-electron chi connectivity index (χ1n) is 7.02. The van der Waals surface area contributed by atoms with Gasteiger partial charge in [0, 0.05) is 12.3 Å². The van der Waals surface area contributed by atoms with Crippen molar-refractivity contribution in [3.8, 4) is 0 Å². The number of hydrogen-bond donors (Lipinski definition) is 3. The molecule has 0 fully saturated rings. The number of hydrogen-bond acceptors (Lipinski definition) is 6. The highest BCUT2D eigenvalue weighted by Gasteiger charge is 2.11. The standard InChI is InChI=1S/C15H17N5OS/c1-10(21)7-16-13-12-14(18-9-17-12)20-15(19-13)22-8-11-5-3-2-4-6-11/h2-6,9-10,21H,7-8H2,1H3,(H2,16,17,18,19,20). The molecule has 0 aliphatic heterocycles. The topological polar surface area (TPSA) is 86.7 Å². The Morgan fingerprint density at radius 2 is 2.09 bits per heavy atom. The second-order valence-electron chi connectivity index (χ2n) is 4.96. The van der Waals surface area contributed by atoms with Crippen LogP contribution in [0, 0.1) is 0 Å². The van der Waals surface area contributed by atoms with Crippen molar-refractivity contribution in [3.05, 3.63) is 42.2 Å². The molecule has 7 heteroatoms. The average molecular weight is 315 g/mol. The molecular weight excluding hydrogens is 298 g/mol. The van der Waals surface area contributed by atoms with E-state index in [2.05, 4.69) is 37.4 Å². The van der Waals surface area contributed by atoms with Gasteiger partial charge in [0.15, 0.2) is 16.6 Å². The fourth-order valence-electron chi connectivity index (χ4n) is 1.97. The van der Waals surface area contributed by atoms with Gasteiger partial charge in [-0.25, -0.2) is 15.0 Å². The number of aromatic amines is 1. The Morgan fingerprint density at radius 3 is 2.86 bits per heavy atom. The number of nitrogens with one attached hydrogen (secondary N) is 2. The number of aliphatic hydroxyl groups excluding tert-OH is 1. The molecule has 1 unspecified atom stereocenters. The number of H-pyrrole nitrogens is 1. The molecule has 114 valence electrons. The molecule has 0 aliphatic carbocycles. The Balaban J connectivity index is 1.80. The van der Waals surface area contributed by atoms with Crippen molar-refractivity contribution in [2.24, 2.45) is 0 Å². The molecule has 0 spiro atoms.